The van der Waals surface area contributed by atoms with Gasteiger partial charge in [0, 0.05) is 46.9 Å². The molecule has 0 unspecified atom stereocenters. The van der Waals surface area contributed by atoms with Crippen molar-refractivity contribution in [3.8, 4) is 11.3 Å². The highest BCUT2D eigenvalue weighted by Crippen LogP contribution is 2.42. The summed E-state index contributed by atoms with van der Waals surface area (Å²) in [5, 5.41) is 4.66. The molecule has 5 heteroatoms. The largest absolute Gasteiger partial charge is 0.354 e. The van der Waals surface area contributed by atoms with Gasteiger partial charge in [-0.05, 0) is 88.0 Å². The average Bonchev–Trinajstić information content (AvgIpc) is 3.16. The minimum Gasteiger partial charge on any atom is -0.354 e. The lowest BCUT2D eigenvalue weighted by atomic mass is 9.70. The van der Waals surface area contributed by atoms with Crippen LogP contribution >= 0.6 is 0 Å². The molecule has 0 bridgehead atoms. The molecule has 2 aliphatic heterocycles. The molecule has 2 N–H and O–H groups in total. The van der Waals surface area contributed by atoms with E-state index >= 15 is 0 Å². The molecule has 0 atom stereocenters. The van der Waals surface area contributed by atoms with E-state index in [-0.39, 0.29) is 5.91 Å². The van der Waals surface area contributed by atoms with Gasteiger partial charge in [0.15, 0.2) is 0 Å². The molecule has 0 saturated carbocycles. The van der Waals surface area contributed by atoms with E-state index in [1.807, 2.05) is 13.1 Å². The summed E-state index contributed by atoms with van der Waals surface area (Å²) in [5.41, 5.74) is 6.63. The van der Waals surface area contributed by atoms with E-state index in [1.54, 1.807) is 0 Å². The van der Waals surface area contributed by atoms with Gasteiger partial charge in [0.1, 0.15) is 0 Å². The lowest BCUT2D eigenvalue weighted by Gasteiger charge is -2.54. The Labute approximate surface area is 197 Å². The predicted octanol–water partition coefficient (Wildman–Crippen LogP) is 5.15. The zero-order valence-corrected chi connectivity index (χ0v) is 20.6. The number of hydrogen-bond donors (Lipinski definition) is 2. The number of aryl methyl sites for hydroxylation is 1. The number of carbonyl (C=O) groups is 1. The fourth-order valence-electron chi connectivity index (χ4n) is 5.83. The van der Waals surface area contributed by atoms with Crippen LogP contribution in [0.2, 0.25) is 0 Å². The highest BCUT2D eigenvalue weighted by molar-refractivity contribution is 5.94. The topological polar surface area (TPSA) is 61.0 Å². The lowest BCUT2D eigenvalue weighted by molar-refractivity contribution is -0.150. The second-order valence-electron chi connectivity index (χ2n) is 11.1. The number of carbonyl (C=O) groups excluding carboxylic acids is 1. The van der Waals surface area contributed by atoms with Crippen molar-refractivity contribution in [3.63, 3.8) is 0 Å². The van der Waals surface area contributed by atoms with Crippen LogP contribution in [-0.4, -0.2) is 47.0 Å². The van der Waals surface area contributed by atoms with E-state index in [4.69, 9.17) is 0 Å². The fraction of sp³-hybridized carbons (Fsp3) is 0.500. The Balaban J connectivity index is 1.48. The molecule has 4 heterocycles. The first-order valence-electron chi connectivity index (χ1n) is 12.3. The molecule has 2 aliphatic rings. The molecule has 0 radical (unpaired) electrons. The molecule has 1 amide bonds. The molecule has 0 aliphatic carbocycles. The number of pyridine rings is 1. The zero-order chi connectivity index (χ0) is 23.4. The van der Waals surface area contributed by atoms with Crippen LogP contribution in [0.25, 0.3) is 22.2 Å². The summed E-state index contributed by atoms with van der Waals surface area (Å²) in [6, 6.07) is 10.7. The third kappa shape index (κ3) is 3.76. The molecule has 5 nitrogen and oxygen atoms in total. The van der Waals surface area contributed by atoms with Crippen molar-refractivity contribution >= 4 is 16.8 Å². The third-order valence-electron chi connectivity index (χ3n) is 7.86. The second-order valence-corrected chi connectivity index (χ2v) is 11.1. The Morgan fingerprint density at radius 2 is 1.85 bits per heavy atom. The molecule has 2 aromatic heterocycles. The first-order valence-corrected chi connectivity index (χ1v) is 12.3. The van der Waals surface area contributed by atoms with Gasteiger partial charge in [-0.3, -0.25) is 9.78 Å². The van der Waals surface area contributed by atoms with Gasteiger partial charge in [-0.1, -0.05) is 19.9 Å². The van der Waals surface area contributed by atoms with Gasteiger partial charge >= 0.3 is 0 Å². The zero-order valence-electron chi connectivity index (χ0n) is 20.6. The maximum Gasteiger partial charge on any atom is 0.232 e. The first kappa shape index (κ1) is 22.1. The van der Waals surface area contributed by atoms with Crippen molar-refractivity contribution in [1.82, 2.24) is 20.2 Å². The van der Waals surface area contributed by atoms with Crippen molar-refractivity contribution in [3.05, 3.63) is 53.3 Å². The van der Waals surface area contributed by atoms with Crippen molar-refractivity contribution < 1.29 is 4.79 Å². The fourth-order valence-corrected chi connectivity index (χ4v) is 5.83. The van der Waals surface area contributed by atoms with Crippen LogP contribution in [0.15, 0.2) is 36.5 Å². The molecule has 2 saturated heterocycles. The number of likely N-dealkylation sites (tertiary alicyclic amines) is 1. The summed E-state index contributed by atoms with van der Waals surface area (Å²) in [5.74, 6) is 0.601. The molecular weight excluding hydrogens is 408 g/mol. The molecular formula is C28H36N4O. The maximum atomic E-state index is 13.6. The van der Waals surface area contributed by atoms with Crippen LogP contribution in [0.3, 0.4) is 0 Å². The Hall–Kier alpha value is -2.66. The third-order valence-corrected chi connectivity index (χ3v) is 7.86. The van der Waals surface area contributed by atoms with Crippen LogP contribution in [0.5, 0.6) is 0 Å². The smallest absolute Gasteiger partial charge is 0.232 e. The number of fused-ring (bicyclic) bond motifs is 1. The minimum atomic E-state index is -0.554. The number of piperidine rings is 1. The summed E-state index contributed by atoms with van der Waals surface area (Å²) in [4.78, 5) is 23.7. The molecule has 3 aromatic rings. The number of aromatic amines is 1. The number of benzene rings is 1. The normalized spacial score (nSPS) is 18.2. The van der Waals surface area contributed by atoms with Gasteiger partial charge < -0.3 is 15.2 Å². The van der Waals surface area contributed by atoms with Crippen LogP contribution in [0.4, 0.5) is 0 Å². The molecule has 2 fully saturated rings. The summed E-state index contributed by atoms with van der Waals surface area (Å²) < 4.78 is 0. The SMILES string of the molecule is Cc1cc(-c2[nH]c3ccc(C(C)(C)C(=O)N4CC5(CCNCC5)C4)cc3c2C(C)C)ccn1. The van der Waals surface area contributed by atoms with Crippen molar-refractivity contribution in [1.29, 1.82) is 0 Å². The van der Waals surface area contributed by atoms with Gasteiger partial charge in [0.05, 0.1) is 11.1 Å². The molecule has 1 spiro atoms. The lowest BCUT2D eigenvalue weighted by Crippen LogP contribution is -2.64. The summed E-state index contributed by atoms with van der Waals surface area (Å²) in [6.07, 6.45) is 4.23. The van der Waals surface area contributed by atoms with E-state index in [0.29, 0.717) is 11.3 Å². The quantitative estimate of drug-likeness (QED) is 0.585. The molecule has 1 aromatic carbocycles. The highest BCUT2D eigenvalue weighted by atomic mass is 16.2. The van der Waals surface area contributed by atoms with Gasteiger partial charge in [0.25, 0.3) is 0 Å². The van der Waals surface area contributed by atoms with Crippen LogP contribution in [0.1, 0.15) is 63.3 Å². The van der Waals surface area contributed by atoms with Gasteiger partial charge in [-0.15, -0.1) is 0 Å². The van der Waals surface area contributed by atoms with Gasteiger partial charge in [0.2, 0.25) is 5.91 Å². The number of nitrogens with one attached hydrogen (secondary N) is 2. The summed E-state index contributed by atoms with van der Waals surface area (Å²) in [6.45, 7) is 14.6. The summed E-state index contributed by atoms with van der Waals surface area (Å²) in [7, 11) is 0. The summed E-state index contributed by atoms with van der Waals surface area (Å²) >= 11 is 0. The van der Waals surface area contributed by atoms with Gasteiger partial charge in [-0.2, -0.15) is 0 Å². The number of amides is 1. The van der Waals surface area contributed by atoms with Crippen molar-refractivity contribution in [2.24, 2.45) is 5.41 Å². The standard InChI is InChI=1S/C28H36N4O/c1-18(2)24-22-15-21(6-7-23(22)31-25(24)20-8-11-30-19(3)14-20)27(4,5)26(33)32-16-28(17-32)9-12-29-13-10-28/h6-8,11,14-15,18,29,31H,9-10,12-13,16-17H2,1-5H3. The van der Waals surface area contributed by atoms with E-state index in [9.17, 15) is 4.79 Å². The number of hydrogen-bond acceptors (Lipinski definition) is 3. The van der Waals surface area contributed by atoms with E-state index in [1.165, 1.54) is 23.8 Å². The Morgan fingerprint density at radius 1 is 1.12 bits per heavy atom. The minimum absolute atomic E-state index is 0.248. The van der Waals surface area contributed by atoms with E-state index in [2.05, 4.69) is 78.2 Å². The van der Waals surface area contributed by atoms with Crippen molar-refractivity contribution in [2.75, 3.05) is 26.2 Å². The number of aromatic nitrogens is 2. The van der Waals surface area contributed by atoms with Crippen LogP contribution in [0, 0.1) is 12.3 Å². The van der Waals surface area contributed by atoms with E-state index < -0.39 is 5.41 Å². The highest BCUT2D eigenvalue weighted by Gasteiger charge is 2.48. The number of H-pyrrole nitrogens is 1. The van der Waals surface area contributed by atoms with Crippen molar-refractivity contribution in [2.45, 2.75) is 58.8 Å². The predicted molar refractivity (Wildman–Crippen MR) is 134 cm³/mol. The van der Waals surface area contributed by atoms with Crippen LogP contribution < -0.4 is 5.32 Å². The Kier molecular flexibility index (Phi) is 5.36. The van der Waals surface area contributed by atoms with E-state index in [0.717, 1.165) is 54.2 Å². The second kappa shape index (κ2) is 7.98. The molecule has 5 rings (SSSR count). The number of rotatable bonds is 4. The first-order chi connectivity index (χ1) is 15.7. The molecule has 33 heavy (non-hydrogen) atoms. The molecule has 174 valence electrons. The Morgan fingerprint density at radius 3 is 2.52 bits per heavy atom. The number of nitrogens with zero attached hydrogens (tertiary/aromatic N) is 2. The average molecular weight is 445 g/mol. The maximum absolute atomic E-state index is 13.6. The van der Waals surface area contributed by atoms with Gasteiger partial charge in [-0.25, -0.2) is 0 Å². The monoisotopic (exact) mass is 444 g/mol. The van der Waals surface area contributed by atoms with Crippen LogP contribution in [-0.2, 0) is 10.2 Å². The Bertz CT molecular complexity index is 1190.